The molecule has 2 atom stereocenters. The number of nitrogens with two attached hydrogens (primary N) is 1. The van der Waals surface area contributed by atoms with E-state index in [2.05, 4.69) is 10.2 Å². The van der Waals surface area contributed by atoms with Gasteiger partial charge in [0.25, 0.3) is 0 Å². The summed E-state index contributed by atoms with van der Waals surface area (Å²) in [5.74, 6) is 1.92. The number of hydrogen-bond acceptors (Lipinski definition) is 5. The van der Waals surface area contributed by atoms with E-state index >= 15 is 0 Å². The summed E-state index contributed by atoms with van der Waals surface area (Å²) in [5.41, 5.74) is 6.39. The highest BCUT2D eigenvalue weighted by atomic mass is 16.5. The first-order chi connectivity index (χ1) is 11.9. The second-order valence-electron chi connectivity index (χ2n) is 7.05. The zero-order chi connectivity index (χ0) is 18.4. The largest absolute Gasteiger partial charge is 0.497 e. The van der Waals surface area contributed by atoms with Crippen molar-refractivity contribution in [3.05, 3.63) is 18.2 Å². The highest BCUT2D eigenvalue weighted by Crippen LogP contribution is 2.31. The smallest absolute Gasteiger partial charge is 0.239 e. The Morgan fingerprint density at radius 1 is 1.32 bits per heavy atom. The number of carbonyl (C=O) groups is 1. The van der Waals surface area contributed by atoms with Crippen LogP contribution < -0.4 is 25.4 Å². The average molecular weight is 349 g/mol. The lowest BCUT2D eigenvalue weighted by Gasteiger charge is -2.24. The molecule has 0 bridgehead atoms. The van der Waals surface area contributed by atoms with Gasteiger partial charge in [0, 0.05) is 43.5 Å². The molecule has 140 valence electrons. The van der Waals surface area contributed by atoms with Gasteiger partial charge in [-0.1, -0.05) is 13.3 Å². The van der Waals surface area contributed by atoms with Crippen molar-refractivity contribution in [2.24, 2.45) is 11.7 Å². The van der Waals surface area contributed by atoms with Crippen molar-refractivity contribution >= 4 is 11.6 Å². The second-order valence-corrected chi connectivity index (χ2v) is 7.05. The molecule has 1 amide bonds. The van der Waals surface area contributed by atoms with Crippen LogP contribution >= 0.6 is 0 Å². The fraction of sp³-hybridized carbons (Fsp3) is 0.632. The first kappa shape index (κ1) is 19.4. The highest BCUT2D eigenvalue weighted by Gasteiger charge is 2.29. The summed E-state index contributed by atoms with van der Waals surface area (Å²) in [4.78, 5) is 14.5. The maximum Gasteiger partial charge on any atom is 0.239 e. The van der Waals surface area contributed by atoms with Crippen molar-refractivity contribution < 1.29 is 14.3 Å². The Kier molecular flexibility index (Phi) is 6.53. The summed E-state index contributed by atoms with van der Waals surface area (Å²) in [5, 5.41) is 3.03. The lowest BCUT2D eigenvalue weighted by Crippen LogP contribution is -2.52. The van der Waals surface area contributed by atoms with Gasteiger partial charge in [0.05, 0.1) is 19.8 Å². The molecule has 25 heavy (non-hydrogen) atoms. The predicted octanol–water partition coefficient (Wildman–Crippen LogP) is 2.16. The zero-order valence-corrected chi connectivity index (χ0v) is 15.8. The fourth-order valence-corrected chi connectivity index (χ4v) is 3.28. The van der Waals surface area contributed by atoms with Crippen LogP contribution in [0.2, 0.25) is 0 Å². The van der Waals surface area contributed by atoms with Gasteiger partial charge in [-0.3, -0.25) is 4.79 Å². The molecular weight excluding hydrogens is 318 g/mol. The van der Waals surface area contributed by atoms with Gasteiger partial charge in [0.1, 0.15) is 11.5 Å². The number of methoxy groups -OCH3 is 2. The van der Waals surface area contributed by atoms with Crippen molar-refractivity contribution in [2.45, 2.75) is 38.6 Å². The molecule has 2 rings (SSSR count). The molecule has 6 heteroatoms. The minimum Gasteiger partial charge on any atom is -0.497 e. The van der Waals surface area contributed by atoms with Crippen LogP contribution in [0.5, 0.6) is 11.5 Å². The Hall–Kier alpha value is -1.95. The molecule has 1 aliphatic rings. The first-order valence-electron chi connectivity index (χ1n) is 8.94. The SMILES string of the molecule is CCCC(C)(N)C(=O)NCC1CCN(c2cc(OC)cc(OC)c2)C1. The molecule has 1 aromatic carbocycles. The average Bonchev–Trinajstić information content (AvgIpc) is 3.08. The third-order valence-electron chi connectivity index (χ3n) is 4.83. The summed E-state index contributed by atoms with van der Waals surface area (Å²) in [6.45, 7) is 6.34. The fourth-order valence-electron chi connectivity index (χ4n) is 3.28. The lowest BCUT2D eigenvalue weighted by molar-refractivity contribution is -0.126. The number of hydrogen-bond donors (Lipinski definition) is 2. The number of anilines is 1. The number of rotatable bonds is 8. The minimum atomic E-state index is -0.785. The van der Waals surface area contributed by atoms with Crippen molar-refractivity contribution in [3.63, 3.8) is 0 Å². The van der Waals surface area contributed by atoms with Gasteiger partial charge in [-0.05, 0) is 25.7 Å². The molecule has 6 nitrogen and oxygen atoms in total. The van der Waals surface area contributed by atoms with Crippen molar-refractivity contribution in [3.8, 4) is 11.5 Å². The number of nitrogens with zero attached hydrogens (tertiary/aromatic N) is 1. The van der Waals surface area contributed by atoms with E-state index in [1.165, 1.54) is 0 Å². The van der Waals surface area contributed by atoms with Gasteiger partial charge < -0.3 is 25.4 Å². The highest BCUT2D eigenvalue weighted by molar-refractivity contribution is 5.85. The minimum absolute atomic E-state index is 0.0594. The molecule has 1 saturated heterocycles. The lowest BCUT2D eigenvalue weighted by atomic mass is 9.96. The maximum absolute atomic E-state index is 12.2. The van der Waals surface area contributed by atoms with Gasteiger partial charge >= 0.3 is 0 Å². The Bertz CT molecular complexity index is 567. The molecule has 0 aliphatic carbocycles. The van der Waals surface area contributed by atoms with Gasteiger partial charge in [-0.15, -0.1) is 0 Å². The first-order valence-corrected chi connectivity index (χ1v) is 8.94. The Balaban J connectivity index is 1.92. The molecule has 1 aliphatic heterocycles. The summed E-state index contributed by atoms with van der Waals surface area (Å²) in [6.07, 6.45) is 2.63. The van der Waals surface area contributed by atoms with E-state index in [9.17, 15) is 4.79 Å². The molecule has 2 unspecified atom stereocenters. The molecule has 0 radical (unpaired) electrons. The molecular formula is C19H31N3O3. The molecule has 0 aromatic heterocycles. The maximum atomic E-state index is 12.2. The number of amides is 1. The summed E-state index contributed by atoms with van der Waals surface area (Å²) < 4.78 is 10.7. The van der Waals surface area contributed by atoms with Crippen LogP contribution in [0.15, 0.2) is 18.2 Å². The van der Waals surface area contributed by atoms with E-state index in [1.807, 2.05) is 25.1 Å². The van der Waals surface area contributed by atoms with E-state index in [0.29, 0.717) is 18.9 Å². The van der Waals surface area contributed by atoms with Crippen molar-refractivity contribution in [1.82, 2.24) is 5.32 Å². The second kappa shape index (κ2) is 8.43. The quantitative estimate of drug-likeness (QED) is 0.752. The Morgan fingerprint density at radius 2 is 1.96 bits per heavy atom. The van der Waals surface area contributed by atoms with Crippen molar-refractivity contribution in [1.29, 1.82) is 0 Å². The van der Waals surface area contributed by atoms with Gasteiger partial charge in [-0.2, -0.15) is 0 Å². The topological polar surface area (TPSA) is 76.8 Å². The van der Waals surface area contributed by atoms with Crippen LogP contribution in [0.1, 0.15) is 33.1 Å². The van der Waals surface area contributed by atoms with Crippen LogP contribution in [0, 0.1) is 5.92 Å². The number of benzene rings is 1. The number of carbonyl (C=O) groups excluding carboxylic acids is 1. The van der Waals surface area contributed by atoms with Crippen LogP contribution in [0.3, 0.4) is 0 Å². The normalized spacial score (nSPS) is 19.4. The van der Waals surface area contributed by atoms with Crippen LogP contribution in [0.25, 0.3) is 0 Å². The number of nitrogens with one attached hydrogen (secondary N) is 1. The van der Waals surface area contributed by atoms with Crippen LogP contribution in [-0.4, -0.2) is 45.3 Å². The molecule has 0 spiro atoms. The van der Waals surface area contributed by atoms with E-state index in [1.54, 1.807) is 21.1 Å². The summed E-state index contributed by atoms with van der Waals surface area (Å²) in [6, 6.07) is 5.90. The molecule has 1 fully saturated rings. The van der Waals surface area contributed by atoms with Gasteiger partial charge in [-0.25, -0.2) is 0 Å². The van der Waals surface area contributed by atoms with E-state index in [-0.39, 0.29) is 5.91 Å². The third kappa shape index (κ3) is 5.01. The Morgan fingerprint density at radius 3 is 2.52 bits per heavy atom. The zero-order valence-electron chi connectivity index (χ0n) is 15.8. The Labute approximate surface area is 150 Å². The summed E-state index contributed by atoms with van der Waals surface area (Å²) >= 11 is 0. The predicted molar refractivity (Wildman–Crippen MR) is 100 cm³/mol. The molecule has 0 saturated carbocycles. The summed E-state index contributed by atoms with van der Waals surface area (Å²) in [7, 11) is 3.31. The van der Waals surface area contributed by atoms with E-state index in [4.69, 9.17) is 15.2 Å². The molecule has 1 aromatic rings. The number of ether oxygens (including phenoxy) is 2. The standard InChI is InChI=1S/C19H31N3O3/c1-5-7-19(2,20)18(23)21-12-14-6-8-22(13-14)15-9-16(24-3)11-17(10-15)25-4/h9-11,14H,5-8,12-13,20H2,1-4H3,(H,21,23). The molecule has 1 heterocycles. The van der Waals surface area contributed by atoms with Crippen molar-refractivity contribution in [2.75, 3.05) is 38.8 Å². The van der Waals surface area contributed by atoms with Crippen LogP contribution in [0.4, 0.5) is 5.69 Å². The van der Waals surface area contributed by atoms with E-state index < -0.39 is 5.54 Å². The van der Waals surface area contributed by atoms with Gasteiger partial charge in [0.15, 0.2) is 0 Å². The third-order valence-corrected chi connectivity index (χ3v) is 4.83. The molecule has 3 N–H and O–H groups in total. The monoisotopic (exact) mass is 349 g/mol. The van der Waals surface area contributed by atoms with Gasteiger partial charge in [0.2, 0.25) is 5.91 Å². The van der Waals surface area contributed by atoms with Crippen LogP contribution in [-0.2, 0) is 4.79 Å². The van der Waals surface area contributed by atoms with E-state index in [0.717, 1.165) is 43.1 Å².